The smallest absolute Gasteiger partial charge is 0.344 e. The average Bonchev–Trinajstić information content (AvgIpc) is 3.54. The van der Waals surface area contributed by atoms with Crippen LogP contribution in [0.5, 0.6) is 0 Å². The third-order valence-electron chi connectivity index (χ3n) is 5.89. The highest BCUT2D eigenvalue weighted by Crippen LogP contribution is 2.40. The molecule has 0 aromatic carbocycles. The van der Waals surface area contributed by atoms with Crippen molar-refractivity contribution in [3.8, 4) is 6.07 Å². The number of amides is 2. The molecule has 5 rings (SSSR count). The number of pyridine rings is 1. The van der Waals surface area contributed by atoms with E-state index in [-0.39, 0.29) is 29.0 Å². The fourth-order valence-electron chi connectivity index (χ4n) is 4.18. The van der Waals surface area contributed by atoms with E-state index in [0.717, 1.165) is 16.4 Å². The molecular formula is C22H17N9O7S2. The standard InChI is InChI=1S/C22H17N9O7S2/c23-5-10-1-2-12-29(6-10)3-4-30(12)7-11-9-39-20-15(19(35)31(20)16(11)21(36)37)25-18(34)14(27-38-8-13(32)33)17-26-22(24)40-28-17/h1-4,6,15,20H,7-9H2,(H4-,24,25,26,28,32,33,34,36,37)/b27-14-/t15-,20+/m1/s1. The van der Waals surface area contributed by atoms with E-state index in [1.54, 1.807) is 39.7 Å². The lowest BCUT2D eigenvalue weighted by atomic mass is 10.0. The largest absolute Gasteiger partial charge is 0.543 e. The number of thioether (sulfide) groups is 1. The van der Waals surface area contributed by atoms with Crippen molar-refractivity contribution in [2.24, 2.45) is 5.16 Å². The highest BCUT2D eigenvalue weighted by Gasteiger charge is 2.53. The lowest BCUT2D eigenvalue weighted by Gasteiger charge is -2.50. The van der Waals surface area contributed by atoms with Gasteiger partial charge in [0, 0.05) is 28.9 Å². The number of carbonyl (C=O) groups is 4. The van der Waals surface area contributed by atoms with Gasteiger partial charge in [-0.05, 0) is 6.07 Å². The van der Waals surface area contributed by atoms with Crippen LogP contribution in [0.1, 0.15) is 11.4 Å². The Kier molecular flexibility index (Phi) is 7.06. The van der Waals surface area contributed by atoms with Gasteiger partial charge < -0.3 is 30.9 Å². The lowest BCUT2D eigenvalue weighted by Crippen LogP contribution is -2.71. The Bertz CT molecular complexity index is 1670. The number of nitrogens with two attached hydrogens (primary N) is 1. The average molecular weight is 584 g/mol. The van der Waals surface area contributed by atoms with E-state index in [9.17, 15) is 24.3 Å². The van der Waals surface area contributed by atoms with Gasteiger partial charge in [0.1, 0.15) is 42.6 Å². The normalized spacial score (nSPS) is 18.6. The van der Waals surface area contributed by atoms with Crippen molar-refractivity contribution in [3.05, 3.63) is 53.4 Å². The summed E-state index contributed by atoms with van der Waals surface area (Å²) in [5, 5.41) is 35.3. The molecule has 16 nitrogen and oxygen atoms in total. The van der Waals surface area contributed by atoms with Gasteiger partial charge in [0.25, 0.3) is 17.5 Å². The first-order valence-corrected chi connectivity index (χ1v) is 13.1. The summed E-state index contributed by atoms with van der Waals surface area (Å²) in [7, 11) is 0. The molecule has 0 unspecified atom stereocenters. The number of aliphatic carboxylic acids is 2. The Morgan fingerprint density at radius 1 is 1.40 bits per heavy atom. The van der Waals surface area contributed by atoms with Crippen LogP contribution in [0.2, 0.25) is 0 Å². The number of nitrogens with one attached hydrogen (secondary N) is 1. The second-order valence-corrected chi connectivity index (χ2v) is 10.3. The zero-order chi connectivity index (χ0) is 28.6. The number of imidazole rings is 1. The molecule has 1 fully saturated rings. The SMILES string of the molecule is N#Cc1ccc2n(CC3=C(C(=O)[O-])N4C(=O)[C@@H](NC(=O)/C(=N\OCC(=O)O)c5nsc(N)n5)[C@@H]4SC3)cc[n+]2c1. The number of hydrogen-bond donors (Lipinski definition) is 3. The van der Waals surface area contributed by atoms with Gasteiger partial charge in [-0.1, -0.05) is 5.16 Å². The van der Waals surface area contributed by atoms with Gasteiger partial charge in [-0.25, -0.2) is 13.8 Å². The molecule has 0 saturated carbocycles. The van der Waals surface area contributed by atoms with Gasteiger partial charge in [-0.2, -0.15) is 14.6 Å². The minimum atomic E-state index is -1.54. The zero-order valence-corrected chi connectivity index (χ0v) is 21.7. The number of hydrogen-bond acceptors (Lipinski definition) is 13. The lowest BCUT2D eigenvalue weighted by molar-refractivity contribution is -0.510. The molecule has 204 valence electrons. The van der Waals surface area contributed by atoms with Gasteiger partial charge in [-0.3, -0.25) is 14.5 Å². The molecule has 0 bridgehead atoms. The predicted molar refractivity (Wildman–Crippen MR) is 134 cm³/mol. The van der Waals surface area contributed by atoms with Crippen molar-refractivity contribution in [1.82, 2.24) is 24.1 Å². The van der Waals surface area contributed by atoms with Crippen LogP contribution in [0.3, 0.4) is 0 Å². The number of β-lactam (4-membered cyclic amide) rings is 1. The number of carboxylic acids is 2. The molecule has 3 aromatic heterocycles. The highest BCUT2D eigenvalue weighted by molar-refractivity contribution is 8.00. The van der Waals surface area contributed by atoms with E-state index in [2.05, 4.69) is 30.7 Å². The minimum Gasteiger partial charge on any atom is -0.543 e. The van der Waals surface area contributed by atoms with E-state index in [1.807, 2.05) is 0 Å². The van der Waals surface area contributed by atoms with E-state index in [0.29, 0.717) is 16.8 Å². The number of aromatic nitrogens is 4. The Labute approximate surface area is 232 Å². The Balaban J connectivity index is 1.36. The van der Waals surface area contributed by atoms with Gasteiger partial charge in [-0.15, -0.1) is 11.8 Å². The summed E-state index contributed by atoms with van der Waals surface area (Å²) in [4.78, 5) is 58.5. The molecular weight excluding hydrogens is 566 g/mol. The summed E-state index contributed by atoms with van der Waals surface area (Å²) in [6, 6.07) is 4.29. The summed E-state index contributed by atoms with van der Waals surface area (Å²) < 4.78 is 7.37. The van der Waals surface area contributed by atoms with Crippen molar-refractivity contribution in [3.63, 3.8) is 0 Å². The molecule has 2 atom stereocenters. The third-order valence-corrected chi connectivity index (χ3v) is 7.77. The number of fused-ring (bicyclic) bond motifs is 2. The number of nitriles is 1. The quantitative estimate of drug-likeness (QED) is 0.102. The van der Waals surface area contributed by atoms with E-state index >= 15 is 0 Å². The van der Waals surface area contributed by atoms with Crippen LogP contribution < -0.4 is 20.6 Å². The van der Waals surface area contributed by atoms with Crippen molar-refractivity contribution in [2.45, 2.75) is 18.0 Å². The van der Waals surface area contributed by atoms with Crippen LogP contribution in [0.15, 0.2) is 47.1 Å². The molecule has 2 aliphatic heterocycles. The maximum atomic E-state index is 13.1. The van der Waals surface area contributed by atoms with Crippen LogP contribution in [0.4, 0.5) is 5.13 Å². The molecule has 1 saturated heterocycles. The molecule has 4 N–H and O–H groups in total. The van der Waals surface area contributed by atoms with Crippen molar-refractivity contribution in [1.29, 1.82) is 5.26 Å². The zero-order valence-electron chi connectivity index (χ0n) is 20.1. The summed E-state index contributed by atoms with van der Waals surface area (Å²) in [6.07, 6.45) is 5.08. The van der Waals surface area contributed by atoms with Gasteiger partial charge >= 0.3 is 5.97 Å². The number of carbonyl (C=O) groups excluding carboxylic acids is 3. The van der Waals surface area contributed by atoms with E-state index in [1.165, 1.54) is 11.8 Å². The highest BCUT2D eigenvalue weighted by atomic mass is 32.2. The number of carboxylic acid groups (broad SMARTS) is 2. The van der Waals surface area contributed by atoms with Gasteiger partial charge in [0.2, 0.25) is 18.1 Å². The molecule has 2 amide bonds. The monoisotopic (exact) mass is 583 g/mol. The van der Waals surface area contributed by atoms with Crippen LogP contribution in [0.25, 0.3) is 5.65 Å². The Morgan fingerprint density at radius 3 is 2.88 bits per heavy atom. The first-order valence-electron chi connectivity index (χ1n) is 11.3. The molecule has 3 aromatic rings. The maximum Gasteiger partial charge on any atom is 0.344 e. The molecule has 0 radical (unpaired) electrons. The summed E-state index contributed by atoms with van der Waals surface area (Å²) >= 11 is 2.01. The molecule has 0 spiro atoms. The Hall–Kier alpha value is -5.02. The molecule has 18 heteroatoms. The van der Waals surface area contributed by atoms with Crippen molar-refractivity contribution < 1.29 is 38.6 Å². The fourth-order valence-corrected chi connectivity index (χ4v) is 5.95. The second kappa shape index (κ2) is 10.6. The van der Waals surface area contributed by atoms with Crippen molar-refractivity contribution >= 4 is 63.5 Å². The molecule has 40 heavy (non-hydrogen) atoms. The summed E-state index contributed by atoms with van der Waals surface area (Å²) in [6.45, 7) is -0.705. The predicted octanol–water partition coefficient (Wildman–Crippen LogP) is -2.56. The first-order chi connectivity index (χ1) is 19.2. The molecule has 0 aliphatic carbocycles. The van der Waals surface area contributed by atoms with Crippen molar-refractivity contribution in [2.75, 3.05) is 18.1 Å². The number of rotatable bonds is 9. The van der Waals surface area contributed by atoms with Gasteiger partial charge in [0.15, 0.2) is 5.13 Å². The summed E-state index contributed by atoms with van der Waals surface area (Å²) in [5.41, 5.74) is 6.35. The second-order valence-electron chi connectivity index (χ2n) is 8.38. The maximum absolute atomic E-state index is 13.1. The molecule has 5 heterocycles. The van der Waals surface area contributed by atoms with Crippen LogP contribution in [-0.4, -0.2) is 77.2 Å². The topological polar surface area (TPSA) is 233 Å². The third kappa shape index (κ3) is 4.90. The fraction of sp³-hybridized carbons (Fsp3) is 0.227. The van der Waals surface area contributed by atoms with E-state index in [4.69, 9.17) is 16.1 Å². The van der Waals surface area contributed by atoms with Crippen LogP contribution in [-0.2, 0) is 30.6 Å². The number of nitrogen functional groups attached to an aromatic ring is 1. The van der Waals surface area contributed by atoms with Crippen LogP contribution >= 0.6 is 23.3 Å². The van der Waals surface area contributed by atoms with Crippen LogP contribution in [0, 0.1) is 11.3 Å². The number of anilines is 1. The first kappa shape index (κ1) is 26.6. The minimum absolute atomic E-state index is 0.0121. The number of nitrogens with zero attached hydrogens (tertiary/aromatic N) is 7. The summed E-state index contributed by atoms with van der Waals surface area (Å²) in [5.74, 6) is -4.53. The van der Waals surface area contributed by atoms with Gasteiger partial charge in [0.05, 0.1) is 17.2 Å². The Morgan fingerprint density at radius 2 is 2.20 bits per heavy atom. The molecule has 2 aliphatic rings. The number of oxime groups is 1. The van der Waals surface area contributed by atoms with E-state index < -0.39 is 47.5 Å².